The third kappa shape index (κ3) is 3.82. The SMILES string of the molecule is NC(=O)C(Cl)c1cnc2cc(Br)ccc2c1NCC1CCOCC1. The number of ether oxygens (including phenoxy) is 1. The fourth-order valence-electron chi connectivity index (χ4n) is 2.92. The summed E-state index contributed by atoms with van der Waals surface area (Å²) in [6.07, 6.45) is 3.68. The lowest BCUT2D eigenvalue weighted by molar-refractivity contribution is -0.117. The van der Waals surface area contributed by atoms with Crippen LogP contribution in [-0.2, 0) is 9.53 Å². The lowest BCUT2D eigenvalue weighted by Crippen LogP contribution is -2.24. The zero-order valence-electron chi connectivity index (χ0n) is 13.1. The maximum absolute atomic E-state index is 11.6. The molecule has 2 heterocycles. The smallest absolute Gasteiger partial charge is 0.240 e. The number of carbonyl (C=O) groups is 1. The summed E-state index contributed by atoms with van der Waals surface area (Å²) in [6, 6.07) is 5.85. The van der Waals surface area contributed by atoms with E-state index in [1.807, 2.05) is 18.2 Å². The minimum absolute atomic E-state index is 0.535. The second-order valence-electron chi connectivity index (χ2n) is 5.95. The van der Waals surface area contributed by atoms with Crippen LogP contribution in [-0.4, -0.2) is 30.6 Å². The van der Waals surface area contributed by atoms with Crippen LogP contribution in [0.5, 0.6) is 0 Å². The minimum Gasteiger partial charge on any atom is -0.384 e. The topological polar surface area (TPSA) is 77.2 Å². The van der Waals surface area contributed by atoms with Gasteiger partial charge in [0.2, 0.25) is 5.91 Å². The van der Waals surface area contributed by atoms with Gasteiger partial charge in [-0.3, -0.25) is 9.78 Å². The van der Waals surface area contributed by atoms with Crippen LogP contribution in [0.4, 0.5) is 5.69 Å². The number of aromatic nitrogens is 1. The number of halogens is 2. The molecule has 0 radical (unpaired) electrons. The van der Waals surface area contributed by atoms with Crippen LogP contribution in [0.15, 0.2) is 28.9 Å². The lowest BCUT2D eigenvalue weighted by Gasteiger charge is -2.24. The normalized spacial score (nSPS) is 16.9. The summed E-state index contributed by atoms with van der Waals surface area (Å²) in [5, 5.41) is 3.49. The van der Waals surface area contributed by atoms with Crippen molar-refractivity contribution >= 4 is 50.0 Å². The Morgan fingerprint density at radius 1 is 1.46 bits per heavy atom. The van der Waals surface area contributed by atoms with E-state index in [0.717, 1.165) is 53.7 Å². The minimum atomic E-state index is -0.914. The molecule has 5 nitrogen and oxygen atoms in total. The number of nitrogens with one attached hydrogen (secondary N) is 1. The van der Waals surface area contributed by atoms with Crippen molar-refractivity contribution < 1.29 is 9.53 Å². The standard InChI is InChI=1S/C17H19BrClN3O2/c18-11-1-2-12-14(7-11)21-9-13(15(19)17(20)23)16(12)22-8-10-3-5-24-6-4-10/h1-2,7,9-10,15H,3-6,8H2,(H2,20,23)(H,21,22). The summed E-state index contributed by atoms with van der Waals surface area (Å²) in [6.45, 7) is 2.39. The highest BCUT2D eigenvalue weighted by molar-refractivity contribution is 9.10. The maximum Gasteiger partial charge on any atom is 0.240 e. The van der Waals surface area contributed by atoms with Crippen molar-refractivity contribution in [3.63, 3.8) is 0 Å². The molecule has 0 aliphatic carbocycles. The van der Waals surface area contributed by atoms with Crippen molar-refractivity contribution in [2.75, 3.05) is 25.1 Å². The summed E-state index contributed by atoms with van der Waals surface area (Å²) >= 11 is 9.67. The molecule has 3 N–H and O–H groups in total. The first kappa shape index (κ1) is 17.5. The lowest BCUT2D eigenvalue weighted by atomic mass is 9.99. The van der Waals surface area contributed by atoms with Crippen molar-refractivity contribution in [2.24, 2.45) is 11.7 Å². The Morgan fingerprint density at radius 2 is 2.21 bits per heavy atom. The van der Waals surface area contributed by atoms with Gasteiger partial charge in [0.15, 0.2) is 0 Å². The van der Waals surface area contributed by atoms with Crippen molar-refractivity contribution in [1.82, 2.24) is 4.98 Å². The molecule has 1 unspecified atom stereocenters. The Bertz CT molecular complexity index is 750. The van der Waals surface area contributed by atoms with Crippen molar-refractivity contribution in [3.05, 3.63) is 34.4 Å². The maximum atomic E-state index is 11.6. The van der Waals surface area contributed by atoms with Gasteiger partial charge in [0.1, 0.15) is 5.38 Å². The molecule has 3 rings (SSSR count). The zero-order chi connectivity index (χ0) is 17.1. The highest BCUT2D eigenvalue weighted by Gasteiger charge is 2.22. The van der Waals surface area contributed by atoms with E-state index in [-0.39, 0.29) is 0 Å². The average Bonchev–Trinajstić information content (AvgIpc) is 2.59. The molecule has 2 aromatic rings. The Kier molecular flexibility index (Phi) is 5.58. The molecule has 0 bridgehead atoms. The number of nitrogens with two attached hydrogens (primary N) is 1. The van der Waals surface area contributed by atoms with Crippen molar-refractivity contribution in [2.45, 2.75) is 18.2 Å². The van der Waals surface area contributed by atoms with Gasteiger partial charge >= 0.3 is 0 Å². The highest BCUT2D eigenvalue weighted by Crippen LogP contribution is 2.34. The fourth-order valence-corrected chi connectivity index (χ4v) is 3.44. The quantitative estimate of drug-likeness (QED) is 0.736. The molecule has 0 spiro atoms. The first-order chi connectivity index (χ1) is 11.6. The predicted molar refractivity (Wildman–Crippen MR) is 99.3 cm³/mol. The van der Waals surface area contributed by atoms with Crippen LogP contribution >= 0.6 is 27.5 Å². The van der Waals surface area contributed by atoms with E-state index in [1.165, 1.54) is 0 Å². The average molecular weight is 413 g/mol. The van der Waals surface area contributed by atoms with E-state index in [4.69, 9.17) is 22.1 Å². The second-order valence-corrected chi connectivity index (χ2v) is 7.30. The number of amides is 1. The molecular formula is C17H19BrClN3O2. The molecule has 1 aliphatic heterocycles. The summed E-state index contributed by atoms with van der Waals surface area (Å²) in [4.78, 5) is 16.0. The Morgan fingerprint density at radius 3 is 2.92 bits per heavy atom. The van der Waals surface area contributed by atoms with Gasteiger partial charge in [0.05, 0.1) is 11.2 Å². The number of benzene rings is 1. The molecule has 1 fully saturated rings. The number of carbonyl (C=O) groups excluding carboxylic acids is 1. The Balaban J connectivity index is 1.96. The second kappa shape index (κ2) is 7.68. The first-order valence-corrected chi connectivity index (χ1v) is 9.12. The molecule has 1 atom stereocenters. The first-order valence-electron chi connectivity index (χ1n) is 7.89. The van der Waals surface area contributed by atoms with Crippen LogP contribution in [0.1, 0.15) is 23.8 Å². The summed E-state index contributed by atoms with van der Waals surface area (Å²) in [7, 11) is 0. The van der Waals surface area contributed by atoms with E-state index >= 15 is 0 Å². The largest absolute Gasteiger partial charge is 0.384 e. The van der Waals surface area contributed by atoms with Gasteiger partial charge < -0.3 is 15.8 Å². The third-order valence-electron chi connectivity index (χ3n) is 4.29. The number of pyridine rings is 1. The van der Waals surface area contributed by atoms with Gasteiger partial charge in [-0.15, -0.1) is 11.6 Å². The molecule has 7 heteroatoms. The third-order valence-corrected chi connectivity index (χ3v) is 5.24. The fraction of sp³-hybridized carbons (Fsp3) is 0.412. The number of anilines is 1. The molecule has 1 aromatic carbocycles. The van der Waals surface area contributed by atoms with Gasteiger partial charge in [0, 0.05) is 41.4 Å². The van der Waals surface area contributed by atoms with Gasteiger partial charge in [-0.05, 0) is 37.0 Å². The number of rotatable bonds is 5. The van der Waals surface area contributed by atoms with E-state index in [2.05, 4.69) is 26.2 Å². The summed E-state index contributed by atoms with van der Waals surface area (Å²) in [5.74, 6) is -0.0448. The number of nitrogens with zero attached hydrogens (tertiary/aromatic N) is 1. The summed E-state index contributed by atoms with van der Waals surface area (Å²) in [5.41, 5.74) is 7.67. The zero-order valence-corrected chi connectivity index (χ0v) is 15.4. The van der Waals surface area contributed by atoms with E-state index in [9.17, 15) is 4.79 Å². The highest BCUT2D eigenvalue weighted by atomic mass is 79.9. The Labute approximate surface area is 154 Å². The van der Waals surface area contributed by atoms with Gasteiger partial charge in [0.25, 0.3) is 0 Å². The number of hydrogen-bond donors (Lipinski definition) is 2. The Hall–Kier alpha value is -1.37. The predicted octanol–water partition coefficient (Wildman–Crippen LogP) is 3.60. The number of primary amides is 1. The van der Waals surface area contributed by atoms with E-state index in [0.29, 0.717) is 11.5 Å². The van der Waals surface area contributed by atoms with E-state index in [1.54, 1.807) is 6.20 Å². The van der Waals surface area contributed by atoms with Crippen LogP contribution in [0.3, 0.4) is 0 Å². The van der Waals surface area contributed by atoms with Gasteiger partial charge in [-0.1, -0.05) is 15.9 Å². The molecule has 128 valence electrons. The van der Waals surface area contributed by atoms with Gasteiger partial charge in [-0.25, -0.2) is 0 Å². The molecule has 0 saturated carbocycles. The number of fused-ring (bicyclic) bond motifs is 1. The van der Waals surface area contributed by atoms with Crippen molar-refractivity contribution in [3.8, 4) is 0 Å². The van der Waals surface area contributed by atoms with Crippen LogP contribution in [0, 0.1) is 5.92 Å². The molecule has 1 saturated heterocycles. The van der Waals surface area contributed by atoms with E-state index < -0.39 is 11.3 Å². The van der Waals surface area contributed by atoms with Crippen molar-refractivity contribution in [1.29, 1.82) is 0 Å². The molecule has 1 aromatic heterocycles. The van der Waals surface area contributed by atoms with Crippen LogP contribution in [0.25, 0.3) is 10.9 Å². The molecule has 1 aliphatic rings. The van der Waals surface area contributed by atoms with Gasteiger partial charge in [-0.2, -0.15) is 0 Å². The number of alkyl halides is 1. The molecular weight excluding hydrogens is 394 g/mol. The van der Waals surface area contributed by atoms with Crippen LogP contribution in [0.2, 0.25) is 0 Å². The number of hydrogen-bond acceptors (Lipinski definition) is 4. The monoisotopic (exact) mass is 411 g/mol. The summed E-state index contributed by atoms with van der Waals surface area (Å²) < 4.78 is 6.35. The molecule has 1 amide bonds. The van der Waals surface area contributed by atoms with Crippen LogP contribution < -0.4 is 11.1 Å². The molecule has 24 heavy (non-hydrogen) atoms.